The second-order valence-corrected chi connectivity index (χ2v) is 6.56. The summed E-state index contributed by atoms with van der Waals surface area (Å²) in [7, 11) is 1.32. The van der Waals surface area contributed by atoms with Gasteiger partial charge in [0.25, 0.3) is 0 Å². The molecule has 4 nitrogen and oxygen atoms in total. The van der Waals surface area contributed by atoms with Gasteiger partial charge in [0.1, 0.15) is 18.1 Å². The van der Waals surface area contributed by atoms with Crippen molar-refractivity contribution < 1.29 is 18.7 Å². The molecule has 0 bridgehead atoms. The summed E-state index contributed by atoms with van der Waals surface area (Å²) in [5.41, 5.74) is 2.39. The maximum atomic E-state index is 11.4. The van der Waals surface area contributed by atoms with E-state index in [2.05, 4.69) is 55.0 Å². The summed E-state index contributed by atoms with van der Waals surface area (Å²) in [5.74, 6) is 0.988. The molecule has 1 aromatic heterocycles. The molecule has 134 valence electrons. The molecule has 0 aliphatic rings. The summed E-state index contributed by atoms with van der Waals surface area (Å²) in [6.07, 6.45) is 0. The lowest BCUT2D eigenvalue weighted by Gasteiger charge is -2.26. The fourth-order valence-corrected chi connectivity index (χ4v) is 2.81. The molecule has 26 heavy (non-hydrogen) atoms. The fourth-order valence-electron chi connectivity index (χ4n) is 2.81. The molecule has 0 radical (unpaired) electrons. The lowest BCUT2D eigenvalue weighted by molar-refractivity contribution is 0.0561. The molecular weight excluding hydrogens is 328 g/mol. The van der Waals surface area contributed by atoms with E-state index in [1.165, 1.54) is 18.2 Å². The van der Waals surface area contributed by atoms with Crippen molar-refractivity contribution in [1.29, 1.82) is 0 Å². The van der Waals surface area contributed by atoms with E-state index in [0.29, 0.717) is 5.76 Å². The third kappa shape index (κ3) is 3.80. The first-order valence-electron chi connectivity index (χ1n) is 8.46. The van der Waals surface area contributed by atoms with E-state index in [4.69, 9.17) is 9.15 Å². The smallest absolute Gasteiger partial charge is 0.373 e. The Morgan fingerprint density at radius 3 is 2.23 bits per heavy atom. The van der Waals surface area contributed by atoms with Crippen LogP contribution in [-0.4, -0.2) is 13.1 Å². The van der Waals surface area contributed by atoms with E-state index in [1.807, 2.05) is 18.2 Å². The van der Waals surface area contributed by atoms with Crippen LogP contribution in [0, 0.1) is 0 Å². The largest absolute Gasteiger partial charge is 0.486 e. The van der Waals surface area contributed by atoms with Gasteiger partial charge in [0, 0.05) is 5.41 Å². The predicted molar refractivity (Wildman–Crippen MR) is 99.4 cm³/mol. The molecule has 3 rings (SSSR count). The molecule has 0 spiro atoms. The van der Waals surface area contributed by atoms with Crippen LogP contribution in [0.5, 0.6) is 5.75 Å². The van der Waals surface area contributed by atoms with E-state index in [9.17, 15) is 4.79 Å². The maximum Gasteiger partial charge on any atom is 0.373 e. The summed E-state index contributed by atoms with van der Waals surface area (Å²) in [6, 6.07) is 21.7. The Kier molecular flexibility index (Phi) is 5.12. The van der Waals surface area contributed by atoms with Crippen molar-refractivity contribution in [3.8, 4) is 5.75 Å². The van der Waals surface area contributed by atoms with Gasteiger partial charge in [-0.1, -0.05) is 56.3 Å². The summed E-state index contributed by atoms with van der Waals surface area (Å²) in [6.45, 7) is 4.66. The van der Waals surface area contributed by atoms with Crippen molar-refractivity contribution in [1.82, 2.24) is 0 Å². The Labute approximate surface area is 153 Å². The van der Waals surface area contributed by atoms with Crippen LogP contribution in [0.4, 0.5) is 0 Å². The van der Waals surface area contributed by atoms with Gasteiger partial charge in [-0.25, -0.2) is 4.79 Å². The van der Waals surface area contributed by atoms with E-state index in [1.54, 1.807) is 12.1 Å². The number of methoxy groups -OCH3 is 1. The number of carbonyl (C=O) groups is 1. The molecule has 0 amide bonds. The lowest BCUT2D eigenvalue weighted by Crippen LogP contribution is -2.18. The van der Waals surface area contributed by atoms with Gasteiger partial charge in [0.2, 0.25) is 5.76 Å². The zero-order valence-electron chi connectivity index (χ0n) is 15.2. The number of furan rings is 1. The lowest BCUT2D eigenvalue weighted by atomic mass is 9.78. The number of benzene rings is 2. The Balaban J connectivity index is 1.66. The second-order valence-electron chi connectivity index (χ2n) is 6.56. The zero-order chi connectivity index (χ0) is 18.6. The Morgan fingerprint density at radius 1 is 0.923 bits per heavy atom. The molecule has 0 N–H and O–H groups in total. The third-order valence-corrected chi connectivity index (χ3v) is 4.50. The highest BCUT2D eigenvalue weighted by Crippen LogP contribution is 2.32. The Morgan fingerprint density at radius 2 is 1.58 bits per heavy atom. The molecule has 0 saturated carbocycles. The van der Waals surface area contributed by atoms with Gasteiger partial charge >= 0.3 is 5.97 Å². The van der Waals surface area contributed by atoms with E-state index >= 15 is 0 Å². The van der Waals surface area contributed by atoms with Gasteiger partial charge < -0.3 is 13.9 Å². The van der Waals surface area contributed by atoms with Gasteiger partial charge in [-0.15, -0.1) is 0 Å². The second kappa shape index (κ2) is 7.48. The van der Waals surface area contributed by atoms with E-state index in [-0.39, 0.29) is 17.8 Å². The Hall–Kier alpha value is -3.01. The molecule has 3 aromatic rings. The number of ether oxygens (including phenoxy) is 2. The SMILES string of the molecule is COC(=O)c1ccc(COc2ccc(C(C)(C)c3ccccc3)cc2)o1. The number of rotatable bonds is 6. The minimum absolute atomic E-state index is 0.0871. The molecule has 0 aliphatic carbocycles. The first kappa shape index (κ1) is 17.8. The van der Waals surface area contributed by atoms with Crippen molar-refractivity contribution in [3.63, 3.8) is 0 Å². The molecule has 0 unspecified atom stereocenters. The molecular formula is C22H22O4. The van der Waals surface area contributed by atoms with E-state index < -0.39 is 5.97 Å². The summed E-state index contributed by atoms with van der Waals surface area (Å²) in [4.78, 5) is 11.4. The first-order valence-corrected chi connectivity index (χ1v) is 8.46. The molecule has 1 heterocycles. The minimum Gasteiger partial charge on any atom is -0.486 e. The van der Waals surface area contributed by atoms with Gasteiger partial charge in [-0.3, -0.25) is 0 Å². The van der Waals surface area contributed by atoms with Crippen molar-refractivity contribution in [2.75, 3.05) is 7.11 Å². The monoisotopic (exact) mass is 350 g/mol. The first-order chi connectivity index (χ1) is 12.5. The molecule has 0 fully saturated rings. The van der Waals surface area contributed by atoms with Gasteiger partial charge in [0.05, 0.1) is 7.11 Å². The zero-order valence-corrected chi connectivity index (χ0v) is 15.2. The highest BCUT2D eigenvalue weighted by atomic mass is 16.5. The third-order valence-electron chi connectivity index (χ3n) is 4.50. The molecule has 0 atom stereocenters. The molecule has 0 saturated heterocycles. The summed E-state index contributed by atoms with van der Waals surface area (Å²) < 4.78 is 15.8. The van der Waals surface area contributed by atoms with Crippen molar-refractivity contribution >= 4 is 5.97 Å². The predicted octanol–water partition coefficient (Wildman–Crippen LogP) is 4.97. The average Bonchev–Trinajstić information content (AvgIpc) is 3.16. The highest BCUT2D eigenvalue weighted by Gasteiger charge is 2.22. The van der Waals surface area contributed by atoms with Crippen LogP contribution in [0.25, 0.3) is 0 Å². The number of carbonyl (C=O) groups excluding carboxylic acids is 1. The summed E-state index contributed by atoms with van der Waals surface area (Å²) in [5, 5.41) is 0. The fraction of sp³-hybridized carbons (Fsp3) is 0.227. The Bertz CT molecular complexity index is 861. The van der Waals surface area contributed by atoms with Crippen molar-refractivity contribution in [3.05, 3.63) is 89.4 Å². The van der Waals surface area contributed by atoms with Crippen LogP contribution in [-0.2, 0) is 16.8 Å². The topological polar surface area (TPSA) is 48.7 Å². The van der Waals surface area contributed by atoms with Crippen molar-refractivity contribution in [2.24, 2.45) is 0 Å². The number of hydrogen-bond acceptors (Lipinski definition) is 4. The van der Waals surface area contributed by atoms with Gasteiger partial charge in [0.15, 0.2) is 0 Å². The standard InChI is InChI=1S/C22H22O4/c1-22(2,16-7-5-4-6-8-16)17-9-11-18(12-10-17)25-15-19-13-14-20(26-19)21(23)24-3/h4-14H,15H2,1-3H3. The average molecular weight is 350 g/mol. The quantitative estimate of drug-likeness (QED) is 0.589. The normalized spacial score (nSPS) is 11.2. The van der Waals surface area contributed by atoms with Gasteiger partial charge in [-0.05, 0) is 35.4 Å². The maximum absolute atomic E-state index is 11.4. The molecule has 0 aliphatic heterocycles. The van der Waals surface area contributed by atoms with Crippen LogP contribution in [0.1, 0.15) is 41.3 Å². The number of hydrogen-bond donors (Lipinski definition) is 0. The van der Waals surface area contributed by atoms with Crippen molar-refractivity contribution in [2.45, 2.75) is 25.9 Å². The van der Waals surface area contributed by atoms with Crippen LogP contribution < -0.4 is 4.74 Å². The van der Waals surface area contributed by atoms with E-state index in [0.717, 1.165) is 5.75 Å². The summed E-state index contributed by atoms with van der Waals surface area (Å²) >= 11 is 0. The van der Waals surface area contributed by atoms with Gasteiger partial charge in [-0.2, -0.15) is 0 Å². The molecule has 2 aromatic carbocycles. The van der Waals surface area contributed by atoms with Crippen LogP contribution in [0.15, 0.2) is 71.1 Å². The highest BCUT2D eigenvalue weighted by molar-refractivity contribution is 5.86. The van der Waals surface area contributed by atoms with Crippen LogP contribution in [0.3, 0.4) is 0 Å². The van der Waals surface area contributed by atoms with Crippen LogP contribution in [0.2, 0.25) is 0 Å². The van der Waals surface area contributed by atoms with Crippen LogP contribution >= 0.6 is 0 Å². The number of esters is 1. The minimum atomic E-state index is -0.497. The molecule has 4 heteroatoms.